The fraction of sp³-hybridized carbons (Fsp3) is 0.238. The van der Waals surface area contributed by atoms with E-state index in [4.69, 9.17) is 0 Å². The molecule has 7 heteroatoms. The van der Waals surface area contributed by atoms with E-state index in [1.54, 1.807) is 6.20 Å². The highest BCUT2D eigenvalue weighted by Gasteiger charge is 2.18. The Kier molecular flexibility index (Phi) is 4.77. The van der Waals surface area contributed by atoms with Gasteiger partial charge in [0.25, 0.3) is 5.91 Å². The van der Waals surface area contributed by atoms with Gasteiger partial charge in [-0.25, -0.2) is 8.42 Å². The Morgan fingerprint density at radius 3 is 2.43 bits per heavy atom. The third kappa shape index (κ3) is 3.57. The monoisotopic (exact) mass is 395 g/mol. The molecule has 144 valence electrons. The van der Waals surface area contributed by atoms with Crippen molar-refractivity contribution in [2.75, 3.05) is 29.6 Å². The number of nitrogens with zero attached hydrogens (tertiary/aromatic N) is 2. The Hall–Kier alpha value is -2.93. The van der Waals surface area contributed by atoms with E-state index in [9.17, 15) is 13.2 Å². The Labute approximate surface area is 164 Å². The minimum absolute atomic E-state index is 0.189. The van der Waals surface area contributed by atoms with Crippen LogP contribution in [0.25, 0.3) is 10.9 Å². The van der Waals surface area contributed by atoms with Crippen LogP contribution in [-0.4, -0.2) is 38.7 Å². The van der Waals surface area contributed by atoms with Gasteiger partial charge in [0.15, 0.2) is 9.84 Å². The zero-order valence-corrected chi connectivity index (χ0v) is 16.4. The molecule has 0 unspecified atom stereocenters. The van der Waals surface area contributed by atoms with Crippen LogP contribution in [0.4, 0.5) is 11.4 Å². The molecular formula is C21H21N3O3S. The van der Waals surface area contributed by atoms with Crippen molar-refractivity contribution in [1.29, 1.82) is 0 Å². The van der Waals surface area contributed by atoms with Crippen LogP contribution in [-0.2, 0) is 9.84 Å². The second-order valence-electron chi connectivity index (χ2n) is 6.98. The number of hydrogen-bond acceptors (Lipinski definition) is 5. The van der Waals surface area contributed by atoms with Gasteiger partial charge in [-0.15, -0.1) is 0 Å². The molecule has 1 fully saturated rings. The van der Waals surface area contributed by atoms with Crippen molar-refractivity contribution >= 4 is 38.0 Å². The number of hydrogen-bond donors (Lipinski definition) is 1. The van der Waals surface area contributed by atoms with E-state index in [1.807, 2.05) is 24.3 Å². The maximum atomic E-state index is 12.7. The molecule has 1 aliphatic rings. The SMILES string of the molecule is CS(=O)(=O)c1ccc(C(=O)Nc2ccc(N3CCCC3)c3ncccc23)cc1. The van der Waals surface area contributed by atoms with Crippen LogP contribution in [0, 0.1) is 0 Å². The molecule has 3 aromatic rings. The normalized spacial score (nSPS) is 14.4. The van der Waals surface area contributed by atoms with Gasteiger partial charge in [0.2, 0.25) is 0 Å². The number of pyridine rings is 1. The van der Waals surface area contributed by atoms with Gasteiger partial charge >= 0.3 is 0 Å². The molecule has 1 aromatic heterocycles. The van der Waals surface area contributed by atoms with Gasteiger partial charge in [-0.2, -0.15) is 0 Å². The lowest BCUT2D eigenvalue weighted by molar-refractivity contribution is 0.102. The number of rotatable bonds is 4. The van der Waals surface area contributed by atoms with Crippen molar-refractivity contribution < 1.29 is 13.2 Å². The van der Waals surface area contributed by atoms with Crippen molar-refractivity contribution in [2.24, 2.45) is 0 Å². The number of nitrogens with one attached hydrogen (secondary N) is 1. The molecule has 4 rings (SSSR count). The summed E-state index contributed by atoms with van der Waals surface area (Å²) < 4.78 is 23.2. The van der Waals surface area contributed by atoms with Crippen molar-refractivity contribution in [3.63, 3.8) is 0 Å². The smallest absolute Gasteiger partial charge is 0.255 e. The van der Waals surface area contributed by atoms with E-state index in [1.165, 1.54) is 37.1 Å². The number of carbonyl (C=O) groups is 1. The highest BCUT2D eigenvalue weighted by atomic mass is 32.2. The first-order chi connectivity index (χ1) is 13.4. The first-order valence-corrected chi connectivity index (χ1v) is 11.1. The molecular weight excluding hydrogens is 374 g/mol. The summed E-state index contributed by atoms with van der Waals surface area (Å²) in [5, 5.41) is 3.81. The Morgan fingerprint density at radius 1 is 1.04 bits per heavy atom. The zero-order chi connectivity index (χ0) is 19.7. The fourth-order valence-corrected chi connectivity index (χ4v) is 4.16. The molecule has 1 amide bonds. The van der Waals surface area contributed by atoms with Gasteiger partial charge < -0.3 is 10.2 Å². The van der Waals surface area contributed by atoms with Crippen LogP contribution in [0.15, 0.2) is 59.6 Å². The number of fused-ring (bicyclic) bond motifs is 1. The predicted molar refractivity (Wildman–Crippen MR) is 111 cm³/mol. The van der Waals surface area contributed by atoms with Gasteiger partial charge in [-0.1, -0.05) is 0 Å². The summed E-state index contributed by atoms with van der Waals surface area (Å²) in [4.78, 5) is 19.7. The largest absolute Gasteiger partial charge is 0.370 e. The second-order valence-corrected chi connectivity index (χ2v) is 8.99. The maximum Gasteiger partial charge on any atom is 0.255 e. The number of sulfone groups is 1. The second kappa shape index (κ2) is 7.24. The fourth-order valence-electron chi connectivity index (χ4n) is 3.53. The molecule has 0 bridgehead atoms. The summed E-state index contributed by atoms with van der Waals surface area (Å²) >= 11 is 0. The molecule has 0 radical (unpaired) electrons. The van der Waals surface area contributed by atoms with E-state index in [0.29, 0.717) is 11.3 Å². The topological polar surface area (TPSA) is 79.4 Å². The van der Waals surface area contributed by atoms with E-state index < -0.39 is 9.84 Å². The molecule has 2 aromatic carbocycles. The van der Waals surface area contributed by atoms with Crippen LogP contribution in [0.5, 0.6) is 0 Å². The summed E-state index contributed by atoms with van der Waals surface area (Å²) in [5.74, 6) is -0.292. The number of amides is 1. The van der Waals surface area contributed by atoms with Gasteiger partial charge in [-0.3, -0.25) is 9.78 Å². The number of anilines is 2. The molecule has 1 aliphatic heterocycles. The lowest BCUT2D eigenvalue weighted by Crippen LogP contribution is -2.18. The lowest BCUT2D eigenvalue weighted by Gasteiger charge is -2.20. The van der Waals surface area contributed by atoms with Crippen LogP contribution in [0.1, 0.15) is 23.2 Å². The van der Waals surface area contributed by atoms with Gasteiger partial charge in [0.1, 0.15) is 0 Å². The average molecular weight is 395 g/mol. The highest BCUT2D eigenvalue weighted by Crippen LogP contribution is 2.32. The van der Waals surface area contributed by atoms with E-state index >= 15 is 0 Å². The van der Waals surface area contributed by atoms with Crippen LogP contribution in [0.2, 0.25) is 0 Å². The predicted octanol–water partition coefficient (Wildman–Crippen LogP) is 3.49. The minimum Gasteiger partial charge on any atom is -0.370 e. The number of carbonyl (C=O) groups excluding carboxylic acids is 1. The molecule has 6 nitrogen and oxygen atoms in total. The first kappa shape index (κ1) is 18.4. The molecule has 0 atom stereocenters. The zero-order valence-electron chi connectivity index (χ0n) is 15.6. The van der Waals surface area contributed by atoms with Crippen molar-refractivity contribution in [3.05, 3.63) is 60.3 Å². The molecule has 1 saturated heterocycles. The Bertz CT molecular complexity index is 1140. The van der Waals surface area contributed by atoms with Gasteiger partial charge in [0.05, 0.1) is 21.8 Å². The highest BCUT2D eigenvalue weighted by molar-refractivity contribution is 7.90. The number of benzene rings is 2. The third-order valence-corrected chi connectivity index (χ3v) is 6.12. The Balaban J connectivity index is 1.64. The minimum atomic E-state index is -3.29. The Morgan fingerprint density at radius 2 is 1.75 bits per heavy atom. The summed E-state index contributed by atoms with van der Waals surface area (Å²) in [5.41, 5.74) is 3.04. The average Bonchev–Trinajstić information content (AvgIpc) is 3.22. The summed E-state index contributed by atoms with van der Waals surface area (Å²) in [6.45, 7) is 2.04. The van der Waals surface area contributed by atoms with Gasteiger partial charge in [0, 0.05) is 36.5 Å². The molecule has 0 spiro atoms. The van der Waals surface area contributed by atoms with E-state index in [0.717, 1.165) is 35.9 Å². The van der Waals surface area contributed by atoms with E-state index in [-0.39, 0.29) is 10.8 Å². The van der Waals surface area contributed by atoms with Crippen molar-refractivity contribution in [2.45, 2.75) is 17.7 Å². The molecule has 0 saturated carbocycles. The standard InChI is InChI=1S/C21H21N3O3S/c1-28(26,27)16-8-6-15(7-9-16)21(25)23-18-10-11-19(24-13-2-3-14-24)20-17(18)5-4-12-22-20/h4-12H,2-3,13-14H2,1H3,(H,23,25). The molecule has 28 heavy (non-hydrogen) atoms. The quantitative estimate of drug-likeness (QED) is 0.731. The van der Waals surface area contributed by atoms with Crippen LogP contribution >= 0.6 is 0 Å². The summed E-state index contributed by atoms with van der Waals surface area (Å²) in [6.07, 6.45) is 5.26. The van der Waals surface area contributed by atoms with Crippen molar-refractivity contribution in [1.82, 2.24) is 4.98 Å². The third-order valence-electron chi connectivity index (χ3n) is 4.99. The van der Waals surface area contributed by atoms with Crippen LogP contribution < -0.4 is 10.2 Å². The van der Waals surface area contributed by atoms with Crippen molar-refractivity contribution in [3.8, 4) is 0 Å². The summed E-state index contributed by atoms with van der Waals surface area (Å²) in [6, 6.07) is 13.6. The first-order valence-electron chi connectivity index (χ1n) is 9.18. The summed E-state index contributed by atoms with van der Waals surface area (Å²) in [7, 11) is -3.29. The lowest BCUT2D eigenvalue weighted by atomic mass is 10.1. The van der Waals surface area contributed by atoms with Crippen LogP contribution in [0.3, 0.4) is 0 Å². The van der Waals surface area contributed by atoms with E-state index in [2.05, 4.69) is 15.2 Å². The molecule has 0 aliphatic carbocycles. The molecule has 2 heterocycles. The molecule has 1 N–H and O–H groups in total. The van der Waals surface area contributed by atoms with Gasteiger partial charge in [-0.05, 0) is 61.4 Å². The number of aromatic nitrogens is 1. The maximum absolute atomic E-state index is 12.7.